The van der Waals surface area contributed by atoms with E-state index in [-0.39, 0.29) is 5.25 Å². The lowest BCUT2D eigenvalue weighted by Gasteiger charge is -2.19. The van der Waals surface area contributed by atoms with Crippen molar-refractivity contribution in [3.05, 3.63) is 88.6 Å². The monoisotopic (exact) mass is 473 g/mol. The Morgan fingerprint density at radius 1 is 1.15 bits per heavy atom. The molecule has 5 rings (SSSR count). The second-order valence-corrected chi connectivity index (χ2v) is 9.46. The molecule has 1 N–H and O–H groups in total. The predicted octanol–water partition coefficient (Wildman–Crippen LogP) is 6.10. The zero-order chi connectivity index (χ0) is 22.8. The van der Waals surface area contributed by atoms with E-state index in [1.807, 2.05) is 66.2 Å². The molecule has 0 saturated heterocycles. The summed E-state index contributed by atoms with van der Waals surface area (Å²) in [5.74, 6) is 1.99. The second kappa shape index (κ2) is 9.41. The second-order valence-electron chi connectivity index (χ2n) is 7.84. The number of thioether (sulfide) groups is 1. The van der Waals surface area contributed by atoms with Gasteiger partial charge in [0.05, 0.1) is 10.9 Å². The third-order valence-corrected chi connectivity index (χ3v) is 7.35. The number of nitrogens with zero attached hydrogens (tertiary/aromatic N) is 4. The number of pyridine rings is 1. The van der Waals surface area contributed by atoms with Gasteiger partial charge in [-0.1, -0.05) is 54.1 Å². The first kappa shape index (κ1) is 21.7. The van der Waals surface area contributed by atoms with E-state index in [2.05, 4.69) is 45.6 Å². The average molecular weight is 474 g/mol. The number of fused-ring (bicyclic) bond motifs is 1. The van der Waals surface area contributed by atoms with Crippen molar-refractivity contribution in [2.24, 2.45) is 12.0 Å². The highest BCUT2D eigenvalue weighted by Gasteiger charge is 2.30. The maximum absolute atomic E-state index is 6.96. The Balaban J connectivity index is 1.62. The lowest BCUT2D eigenvalue weighted by atomic mass is 9.96. The number of hydrogen-bond donors (Lipinski definition) is 1. The van der Waals surface area contributed by atoms with Crippen LogP contribution >= 0.6 is 23.4 Å². The number of aryl methyl sites for hydroxylation is 1. The topological polar surface area (TPSA) is 55.1 Å². The van der Waals surface area contributed by atoms with Gasteiger partial charge in [0, 0.05) is 55.0 Å². The first-order valence-electron chi connectivity index (χ1n) is 10.8. The molecule has 1 atom stereocenters. The van der Waals surface area contributed by atoms with Crippen LogP contribution in [-0.2, 0) is 7.05 Å². The van der Waals surface area contributed by atoms with Crippen molar-refractivity contribution in [2.75, 3.05) is 24.7 Å². The number of rotatable bonds is 4. The lowest BCUT2D eigenvalue weighted by molar-refractivity contribution is 0.773. The maximum atomic E-state index is 6.96. The summed E-state index contributed by atoms with van der Waals surface area (Å²) in [6.45, 7) is 0.870. The van der Waals surface area contributed by atoms with Gasteiger partial charge in [-0.25, -0.2) is 0 Å². The molecule has 33 heavy (non-hydrogen) atoms. The fraction of sp³-hybridized carbons (Fsp3) is 0.192. The number of aliphatic imine (C=N–C) groups is 1. The van der Waals surface area contributed by atoms with Gasteiger partial charge in [-0.2, -0.15) is 5.10 Å². The van der Waals surface area contributed by atoms with Gasteiger partial charge < -0.3 is 5.32 Å². The third-order valence-electron chi connectivity index (χ3n) is 5.76. The first-order chi connectivity index (χ1) is 16.2. The van der Waals surface area contributed by atoms with Crippen molar-refractivity contribution in [3.8, 4) is 22.5 Å². The molecule has 0 saturated carbocycles. The van der Waals surface area contributed by atoms with Gasteiger partial charge in [-0.3, -0.25) is 14.7 Å². The van der Waals surface area contributed by atoms with Gasteiger partial charge >= 0.3 is 0 Å². The predicted molar refractivity (Wildman–Crippen MR) is 140 cm³/mol. The maximum Gasteiger partial charge on any atom is 0.129 e. The van der Waals surface area contributed by atoms with Crippen LogP contribution < -0.4 is 5.32 Å². The highest BCUT2D eigenvalue weighted by Crippen LogP contribution is 2.47. The highest BCUT2D eigenvalue weighted by atomic mass is 35.5. The minimum absolute atomic E-state index is 0.0507. The number of aromatic nitrogens is 3. The van der Waals surface area contributed by atoms with E-state index in [0.717, 1.165) is 62.3 Å². The number of anilines is 1. The molecular weight excluding hydrogens is 450 g/mol. The van der Waals surface area contributed by atoms with Crippen LogP contribution in [0, 0.1) is 0 Å². The van der Waals surface area contributed by atoms with E-state index in [0.29, 0.717) is 0 Å². The molecule has 1 aliphatic rings. The molecule has 1 aliphatic heterocycles. The van der Waals surface area contributed by atoms with Crippen LogP contribution in [0.4, 0.5) is 5.82 Å². The third kappa shape index (κ3) is 4.16. The average Bonchev–Trinajstić information content (AvgIpc) is 3.01. The van der Waals surface area contributed by atoms with E-state index in [4.69, 9.17) is 16.7 Å². The number of benzene rings is 2. The number of hydrogen-bond acceptors (Lipinski definition) is 5. The van der Waals surface area contributed by atoms with Crippen LogP contribution in [0.25, 0.3) is 22.5 Å². The zero-order valence-electron chi connectivity index (χ0n) is 18.5. The highest BCUT2D eigenvalue weighted by molar-refractivity contribution is 7.99. The Kier molecular flexibility index (Phi) is 6.20. The summed E-state index contributed by atoms with van der Waals surface area (Å²) in [4.78, 5) is 8.77. The van der Waals surface area contributed by atoms with Gasteiger partial charge in [-0.05, 0) is 34.9 Å². The van der Waals surface area contributed by atoms with Crippen LogP contribution in [0.15, 0.2) is 71.9 Å². The van der Waals surface area contributed by atoms with Crippen molar-refractivity contribution in [1.29, 1.82) is 0 Å². The summed E-state index contributed by atoms with van der Waals surface area (Å²) in [5.41, 5.74) is 7.24. The molecule has 0 fully saturated rings. The summed E-state index contributed by atoms with van der Waals surface area (Å²) in [7, 11) is 3.76. The summed E-state index contributed by atoms with van der Waals surface area (Å²) in [6.07, 6.45) is 3.69. The van der Waals surface area contributed by atoms with Crippen molar-refractivity contribution in [2.45, 2.75) is 5.25 Å². The molecule has 1 unspecified atom stereocenters. The Morgan fingerprint density at radius 2 is 2.00 bits per heavy atom. The van der Waals surface area contributed by atoms with Gasteiger partial charge in [0.1, 0.15) is 11.5 Å². The quantitative estimate of drug-likeness (QED) is 0.364. The molecule has 7 heteroatoms. The fourth-order valence-electron chi connectivity index (χ4n) is 4.28. The molecule has 0 bridgehead atoms. The van der Waals surface area contributed by atoms with E-state index in [9.17, 15) is 0 Å². The molecule has 166 valence electrons. The van der Waals surface area contributed by atoms with Crippen LogP contribution in [0.3, 0.4) is 0 Å². The molecule has 0 amide bonds. The van der Waals surface area contributed by atoms with Crippen molar-refractivity contribution in [3.63, 3.8) is 0 Å². The van der Waals surface area contributed by atoms with Gasteiger partial charge in [0.15, 0.2) is 0 Å². The standard InChI is InChI=1S/C26H24ClN5S/c1-28-16-18-7-3-4-8-19(18)17-10-11-20(21(27)15-17)25-23-24(22-9-5-6-12-29-22)31-32(2)26(23)30-13-14-33-25/h3-12,15-16,25,30H,13-14H2,1-2H3. The zero-order valence-corrected chi connectivity index (χ0v) is 20.1. The summed E-state index contributed by atoms with van der Waals surface area (Å²) < 4.78 is 1.92. The molecule has 2 aromatic carbocycles. The molecular formula is C26H24ClN5S. The Hall–Kier alpha value is -3.09. The van der Waals surface area contributed by atoms with Crippen molar-refractivity contribution < 1.29 is 0 Å². The van der Waals surface area contributed by atoms with Crippen molar-refractivity contribution >= 4 is 35.4 Å². The van der Waals surface area contributed by atoms with E-state index >= 15 is 0 Å². The fourth-order valence-corrected chi connectivity index (χ4v) is 5.87. The smallest absolute Gasteiger partial charge is 0.129 e. The Labute approximate surface area is 202 Å². The molecule has 2 aromatic heterocycles. The van der Waals surface area contributed by atoms with Crippen LogP contribution in [0.1, 0.15) is 21.9 Å². The van der Waals surface area contributed by atoms with E-state index < -0.39 is 0 Å². The summed E-state index contributed by atoms with van der Waals surface area (Å²) >= 11 is 8.84. The van der Waals surface area contributed by atoms with Gasteiger partial charge in [-0.15, -0.1) is 11.8 Å². The molecule has 0 spiro atoms. The van der Waals surface area contributed by atoms with E-state index in [1.54, 1.807) is 7.05 Å². The molecule has 5 nitrogen and oxygen atoms in total. The molecule has 0 radical (unpaired) electrons. The normalized spacial score (nSPS) is 15.8. The van der Waals surface area contributed by atoms with Crippen LogP contribution in [0.2, 0.25) is 5.02 Å². The summed E-state index contributed by atoms with van der Waals surface area (Å²) in [6, 6.07) is 20.5. The lowest BCUT2D eigenvalue weighted by Crippen LogP contribution is -2.06. The van der Waals surface area contributed by atoms with Crippen LogP contribution in [0.5, 0.6) is 0 Å². The minimum Gasteiger partial charge on any atom is -0.369 e. The SMILES string of the molecule is CN=Cc1ccccc1-c1ccc(C2SCCNc3c2c(-c2ccccn2)nn3C)c(Cl)c1. The molecule has 4 aromatic rings. The minimum atomic E-state index is 0.0507. The first-order valence-corrected chi connectivity index (χ1v) is 12.2. The van der Waals surface area contributed by atoms with E-state index in [1.165, 1.54) is 0 Å². The van der Waals surface area contributed by atoms with Crippen LogP contribution in [-0.4, -0.2) is 40.3 Å². The molecule has 3 heterocycles. The molecule has 0 aliphatic carbocycles. The van der Waals surface area contributed by atoms with Crippen molar-refractivity contribution in [1.82, 2.24) is 14.8 Å². The number of nitrogens with one attached hydrogen (secondary N) is 1. The largest absolute Gasteiger partial charge is 0.369 e. The van der Waals surface area contributed by atoms with Gasteiger partial charge in [0.2, 0.25) is 0 Å². The Bertz CT molecular complexity index is 1320. The Morgan fingerprint density at radius 3 is 2.79 bits per heavy atom. The summed E-state index contributed by atoms with van der Waals surface area (Å²) in [5, 5.41) is 9.18. The van der Waals surface area contributed by atoms with Gasteiger partial charge in [0.25, 0.3) is 0 Å². The number of halogens is 1.